The Kier molecular flexibility index (Phi) is 76.0. The SMILES string of the molecule is CCCCCCCCCCCCCCCCCCCCCCC(=O)O[C@H](COC(=O)CCCCCCCCCCCCCCCCCC(C)C)COP(=O)(O)OC[C@@H](O)COP(=O)(O)OC[C@@H](COC(=O)CCCCCCCCCCC)OC(=O)CCCCCCCCCCCCCCCCC(C)CC. The summed E-state index contributed by atoms with van der Waals surface area (Å²) in [6.07, 6.45) is 69.4. The van der Waals surface area contributed by atoms with Crippen molar-refractivity contribution in [3.63, 3.8) is 0 Å². The molecule has 17 nitrogen and oxygen atoms in total. The lowest BCUT2D eigenvalue weighted by Gasteiger charge is -2.21. The largest absolute Gasteiger partial charge is 0.472 e. The molecule has 0 heterocycles. The molecular weight excluding hydrogens is 1370 g/mol. The Morgan fingerprint density at radius 2 is 0.486 bits per heavy atom. The number of unbranched alkanes of at least 4 members (excludes halogenated alkanes) is 54. The predicted molar refractivity (Wildman–Crippen MR) is 432 cm³/mol. The van der Waals surface area contributed by atoms with Crippen molar-refractivity contribution < 1.29 is 80.2 Å². The summed E-state index contributed by atoms with van der Waals surface area (Å²) in [5.41, 5.74) is 0. The topological polar surface area (TPSA) is 237 Å². The van der Waals surface area contributed by atoms with E-state index in [0.29, 0.717) is 25.7 Å². The van der Waals surface area contributed by atoms with Gasteiger partial charge >= 0.3 is 39.5 Å². The molecule has 0 bridgehead atoms. The van der Waals surface area contributed by atoms with Gasteiger partial charge in [0.2, 0.25) is 0 Å². The maximum absolute atomic E-state index is 13.1. The highest BCUT2D eigenvalue weighted by molar-refractivity contribution is 7.47. The zero-order chi connectivity index (χ0) is 77.1. The Morgan fingerprint density at radius 1 is 0.276 bits per heavy atom. The average molecular weight is 1540 g/mol. The summed E-state index contributed by atoms with van der Waals surface area (Å²) in [5, 5.41) is 10.7. The van der Waals surface area contributed by atoms with Gasteiger partial charge in [-0.25, -0.2) is 9.13 Å². The van der Waals surface area contributed by atoms with E-state index in [-0.39, 0.29) is 25.7 Å². The number of phosphoric acid groups is 2. The molecule has 0 saturated heterocycles. The third-order valence-corrected chi connectivity index (χ3v) is 22.5. The van der Waals surface area contributed by atoms with E-state index in [1.54, 1.807) is 0 Å². The first-order valence-corrected chi connectivity index (χ1v) is 47.5. The number of carbonyl (C=O) groups is 4. The molecule has 3 unspecified atom stereocenters. The first-order valence-electron chi connectivity index (χ1n) is 44.5. The number of aliphatic hydroxyl groups is 1. The molecule has 0 aliphatic carbocycles. The summed E-state index contributed by atoms with van der Waals surface area (Å²) in [7, 11) is -9.93. The Hall–Kier alpha value is -1.94. The number of ether oxygens (including phenoxy) is 4. The van der Waals surface area contributed by atoms with Crippen molar-refractivity contribution >= 4 is 39.5 Å². The minimum absolute atomic E-state index is 0.108. The molecule has 0 aliphatic rings. The quantitative estimate of drug-likeness (QED) is 0.0222. The van der Waals surface area contributed by atoms with Gasteiger partial charge in [0.15, 0.2) is 12.2 Å². The second kappa shape index (κ2) is 77.4. The molecule has 105 heavy (non-hydrogen) atoms. The highest BCUT2D eigenvalue weighted by atomic mass is 31.2. The van der Waals surface area contributed by atoms with E-state index in [1.807, 2.05) is 0 Å². The lowest BCUT2D eigenvalue weighted by molar-refractivity contribution is -0.161. The highest BCUT2D eigenvalue weighted by Gasteiger charge is 2.30. The van der Waals surface area contributed by atoms with Gasteiger partial charge in [-0.15, -0.1) is 0 Å². The second-order valence-electron chi connectivity index (χ2n) is 31.6. The van der Waals surface area contributed by atoms with Crippen molar-refractivity contribution in [3.05, 3.63) is 0 Å². The molecule has 0 saturated carbocycles. The third-order valence-electron chi connectivity index (χ3n) is 20.6. The zero-order valence-electron chi connectivity index (χ0n) is 69.0. The fraction of sp³-hybridized carbons (Fsp3) is 0.953. The van der Waals surface area contributed by atoms with E-state index in [4.69, 9.17) is 37.0 Å². The Bertz CT molecular complexity index is 2010. The molecule has 3 N–H and O–H groups in total. The van der Waals surface area contributed by atoms with Crippen LogP contribution in [0.3, 0.4) is 0 Å². The molecule has 6 atom stereocenters. The molecule has 0 radical (unpaired) electrons. The lowest BCUT2D eigenvalue weighted by atomic mass is 9.99. The molecule has 0 aromatic rings. The molecule has 0 spiro atoms. The minimum atomic E-state index is -4.97. The van der Waals surface area contributed by atoms with Gasteiger partial charge in [0, 0.05) is 25.7 Å². The van der Waals surface area contributed by atoms with Crippen molar-refractivity contribution in [2.24, 2.45) is 11.8 Å². The molecular formula is C86H168O17P2. The Balaban J connectivity index is 5.21. The van der Waals surface area contributed by atoms with E-state index in [2.05, 4.69) is 41.5 Å². The molecule has 0 aromatic carbocycles. The van der Waals surface area contributed by atoms with Gasteiger partial charge < -0.3 is 33.8 Å². The average Bonchev–Trinajstić information content (AvgIpc) is 0.920. The Labute approximate surface area is 645 Å². The van der Waals surface area contributed by atoms with Gasteiger partial charge in [0.05, 0.1) is 26.4 Å². The summed E-state index contributed by atoms with van der Waals surface area (Å²) in [6, 6.07) is 0. The molecule has 0 aliphatic heterocycles. The van der Waals surface area contributed by atoms with E-state index in [1.165, 1.54) is 276 Å². The fourth-order valence-electron chi connectivity index (χ4n) is 13.4. The number of carbonyl (C=O) groups excluding carboxylic acids is 4. The van der Waals surface area contributed by atoms with Crippen molar-refractivity contribution in [2.75, 3.05) is 39.6 Å². The van der Waals surface area contributed by atoms with Crippen LogP contribution in [0.5, 0.6) is 0 Å². The maximum atomic E-state index is 13.1. The van der Waals surface area contributed by atoms with Crippen LogP contribution in [0.15, 0.2) is 0 Å². The summed E-state index contributed by atoms with van der Waals surface area (Å²) >= 11 is 0. The van der Waals surface area contributed by atoms with Crippen LogP contribution in [-0.4, -0.2) is 96.7 Å². The number of hydrogen-bond donors (Lipinski definition) is 3. The molecule has 0 rings (SSSR count). The van der Waals surface area contributed by atoms with E-state index >= 15 is 0 Å². The Morgan fingerprint density at radius 3 is 0.724 bits per heavy atom. The van der Waals surface area contributed by atoms with Gasteiger partial charge in [-0.3, -0.25) is 37.3 Å². The van der Waals surface area contributed by atoms with Crippen molar-refractivity contribution in [2.45, 2.75) is 477 Å². The monoisotopic (exact) mass is 1540 g/mol. The minimum Gasteiger partial charge on any atom is -0.462 e. The van der Waals surface area contributed by atoms with Gasteiger partial charge in [-0.2, -0.15) is 0 Å². The van der Waals surface area contributed by atoms with E-state index in [9.17, 15) is 43.2 Å². The van der Waals surface area contributed by atoms with E-state index in [0.717, 1.165) is 102 Å². The van der Waals surface area contributed by atoms with Crippen LogP contribution in [0.1, 0.15) is 459 Å². The number of phosphoric ester groups is 2. The summed E-state index contributed by atoms with van der Waals surface area (Å²) in [4.78, 5) is 73.2. The summed E-state index contributed by atoms with van der Waals surface area (Å²) in [6.45, 7) is 9.74. The summed E-state index contributed by atoms with van der Waals surface area (Å²) < 4.78 is 68.9. The van der Waals surface area contributed by atoms with Gasteiger partial charge in [0.25, 0.3) is 0 Å². The second-order valence-corrected chi connectivity index (χ2v) is 34.6. The fourth-order valence-corrected chi connectivity index (χ4v) is 15.0. The van der Waals surface area contributed by atoms with Crippen LogP contribution >= 0.6 is 15.6 Å². The van der Waals surface area contributed by atoms with E-state index < -0.39 is 97.5 Å². The van der Waals surface area contributed by atoms with Crippen LogP contribution < -0.4 is 0 Å². The number of rotatable bonds is 85. The van der Waals surface area contributed by atoms with Gasteiger partial charge in [-0.05, 0) is 37.5 Å². The maximum Gasteiger partial charge on any atom is 0.472 e. The zero-order valence-corrected chi connectivity index (χ0v) is 70.8. The van der Waals surface area contributed by atoms with Crippen molar-refractivity contribution in [1.29, 1.82) is 0 Å². The van der Waals surface area contributed by atoms with Crippen LogP contribution in [0.25, 0.3) is 0 Å². The molecule has 0 amide bonds. The smallest absolute Gasteiger partial charge is 0.462 e. The molecule has 19 heteroatoms. The van der Waals surface area contributed by atoms with Crippen LogP contribution in [0.2, 0.25) is 0 Å². The first kappa shape index (κ1) is 103. The van der Waals surface area contributed by atoms with Gasteiger partial charge in [0.1, 0.15) is 19.3 Å². The number of hydrogen-bond acceptors (Lipinski definition) is 15. The third kappa shape index (κ3) is 78.5. The highest BCUT2D eigenvalue weighted by Crippen LogP contribution is 2.45. The lowest BCUT2D eigenvalue weighted by Crippen LogP contribution is -2.30. The molecule has 0 aromatic heterocycles. The molecule has 0 fully saturated rings. The number of esters is 4. The normalized spacial score (nSPS) is 14.1. The van der Waals surface area contributed by atoms with Crippen LogP contribution in [-0.2, 0) is 65.4 Å². The predicted octanol–water partition coefficient (Wildman–Crippen LogP) is 26.2. The first-order chi connectivity index (χ1) is 50.9. The number of aliphatic hydroxyl groups excluding tert-OH is 1. The molecule has 624 valence electrons. The van der Waals surface area contributed by atoms with Crippen LogP contribution in [0, 0.1) is 11.8 Å². The standard InChI is InChI=1S/C86H168O17P2/c1-7-10-12-14-16-18-19-20-21-22-23-24-25-28-35-40-46-52-58-64-70-86(91)103-82(75-97-84(89)69-63-57-51-45-39-34-29-26-27-32-37-43-48-54-60-66-78(4)5)77-101-105(94,95)99-73-80(87)72-98-104(92,93)100-76-81(74-96-83(88)68-62-56-50-42-17-15-13-11-8-2)102-85(90)71-65-59-53-47-41-36-31-30-33-38-44-49-55-61-67-79(6)9-3/h78-82,87H,7-77H2,1-6H3,(H,92,93)(H,94,95)/t79?,80-,81+,82+/m0/s1. The van der Waals surface area contributed by atoms with Gasteiger partial charge in [-0.1, -0.05) is 408 Å². The van der Waals surface area contributed by atoms with Crippen LogP contribution in [0.4, 0.5) is 0 Å². The van der Waals surface area contributed by atoms with Crippen molar-refractivity contribution in [3.8, 4) is 0 Å². The summed E-state index contributed by atoms with van der Waals surface area (Å²) in [5.74, 6) is -0.450. The van der Waals surface area contributed by atoms with Crippen molar-refractivity contribution in [1.82, 2.24) is 0 Å².